The van der Waals surface area contributed by atoms with Crippen molar-refractivity contribution in [1.82, 2.24) is 10.1 Å². The van der Waals surface area contributed by atoms with Gasteiger partial charge in [-0.05, 0) is 20.8 Å². The fraction of sp³-hybridized carbons (Fsp3) is 0.350. The van der Waals surface area contributed by atoms with Gasteiger partial charge >= 0.3 is 5.97 Å². The number of benzene rings is 1. The monoisotopic (exact) mass is 399 g/mol. The van der Waals surface area contributed by atoms with E-state index in [1.807, 2.05) is 49.1 Å². The van der Waals surface area contributed by atoms with Gasteiger partial charge in [-0.2, -0.15) is 0 Å². The second-order valence-electron chi connectivity index (χ2n) is 7.48. The van der Waals surface area contributed by atoms with Crippen molar-refractivity contribution in [3.05, 3.63) is 54.0 Å². The van der Waals surface area contributed by atoms with E-state index in [9.17, 15) is 15.0 Å². The van der Waals surface area contributed by atoms with Crippen molar-refractivity contribution in [3.8, 4) is 11.3 Å². The lowest BCUT2D eigenvalue weighted by Crippen LogP contribution is -2.46. The Kier molecular flexibility index (Phi) is 4.26. The third-order valence-corrected chi connectivity index (χ3v) is 6.67. The van der Waals surface area contributed by atoms with E-state index < -0.39 is 28.2 Å². The summed E-state index contributed by atoms with van der Waals surface area (Å²) in [6, 6.07) is 8.09. The van der Waals surface area contributed by atoms with Gasteiger partial charge in [0.25, 0.3) is 0 Å². The summed E-state index contributed by atoms with van der Waals surface area (Å²) >= 11 is 1.48. The van der Waals surface area contributed by atoms with Crippen molar-refractivity contribution >= 4 is 23.6 Å². The van der Waals surface area contributed by atoms with Crippen molar-refractivity contribution in [3.63, 3.8) is 0 Å². The molecule has 2 aliphatic heterocycles. The largest absolute Gasteiger partial charge is 0.511 e. The van der Waals surface area contributed by atoms with Gasteiger partial charge in [0.15, 0.2) is 6.04 Å². The molecule has 0 bridgehead atoms. The van der Waals surface area contributed by atoms with E-state index in [1.54, 1.807) is 6.92 Å². The highest BCUT2D eigenvalue weighted by Gasteiger charge is 2.58. The maximum atomic E-state index is 11.9. The highest BCUT2D eigenvalue weighted by atomic mass is 32.2. The fourth-order valence-electron chi connectivity index (χ4n) is 4.00. The zero-order valence-corrected chi connectivity index (χ0v) is 16.6. The number of hydrogen-bond acceptors (Lipinski definition) is 7. The number of thioether (sulfide) groups is 1. The number of amidine groups is 1. The predicted octanol–water partition coefficient (Wildman–Crippen LogP) is 3.46. The standard InChI is InChI=1S/C20H21N3O4S/c1-10(24)16-20(3,4)28-18-15(19(25)26)21-17(23(16)18)13-11(2)27-22-14(13)12-8-6-5-7-9-12/h5-9,15-16,18,24H,1H2,2-4H3,(H,25,26)/t15-,16-,18?/m0/s1. The summed E-state index contributed by atoms with van der Waals surface area (Å²) in [4.78, 5) is 18.3. The van der Waals surface area contributed by atoms with Gasteiger partial charge in [-0.15, -0.1) is 11.8 Å². The molecule has 8 heteroatoms. The van der Waals surface area contributed by atoms with E-state index in [0.29, 0.717) is 22.9 Å². The number of aryl methyl sites for hydroxylation is 1. The minimum Gasteiger partial charge on any atom is -0.511 e. The number of aliphatic hydroxyl groups excluding tert-OH is 1. The van der Waals surface area contributed by atoms with Gasteiger partial charge in [0.1, 0.15) is 34.5 Å². The molecule has 28 heavy (non-hydrogen) atoms. The maximum absolute atomic E-state index is 11.9. The molecule has 7 nitrogen and oxygen atoms in total. The Morgan fingerprint density at radius 3 is 2.57 bits per heavy atom. The zero-order valence-electron chi connectivity index (χ0n) is 15.8. The van der Waals surface area contributed by atoms with Crippen LogP contribution in [0, 0.1) is 6.92 Å². The normalized spacial score (nSPS) is 25.5. The van der Waals surface area contributed by atoms with Crippen LogP contribution in [0.1, 0.15) is 25.2 Å². The molecule has 0 amide bonds. The Labute approximate surface area is 166 Å². The zero-order chi connectivity index (χ0) is 20.2. The van der Waals surface area contributed by atoms with Crippen LogP contribution >= 0.6 is 11.8 Å². The topological polar surface area (TPSA) is 99.2 Å². The van der Waals surface area contributed by atoms with Crippen LogP contribution in [0.5, 0.6) is 0 Å². The van der Waals surface area contributed by atoms with Gasteiger partial charge in [0, 0.05) is 10.3 Å². The van der Waals surface area contributed by atoms with E-state index in [4.69, 9.17) is 4.52 Å². The van der Waals surface area contributed by atoms with Gasteiger partial charge in [-0.3, -0.25) is 0 Å². The number of aliphatic hydroxyl groups is 1. The number of hydrogen-bond donors (Lipinski definition) is 2. The number of aromatic nitrogens is 1. The van der Waals surface area contributed by atoms with Crippen LogP contribution < -0.4 is 0 Å². The first-order valence-corrected chi connectivity index (χ1v) is 9.77. The molecule has 1 fully saturated rings. The molecule has 2 aromatic rings. The summed E-state index contributed by atoms with van der Waals surface area (Å²) < 4.78 is 5.02. The molecule has 2 aliphatic rings. The number of nitrogens with zero attached hydrogens (tertiary/aromatic N) is 3. The molecule has 0 aliphatic carbocycles. The van der Waals surface area contributed by atoms with Crippen molar-refractivity contribution in [1.29, 1.82) is 0 Å². The number of rotatable bonds is 4. The van der Waals surface area contributed by atoms with Crippen molar-refractivity contribution < 1.29 is 19.5 Å². The summed E-state index contributed by atoms with van der Waals surface area (Å²) in [5.41, 5.74) is 2.08. The maximum Gasteiger partial charge on any atom is 0.331 e. The van der Waals surface area contributed by atoms with E-state index in [-0.39, 0.29) is 5.76 Å². The summed E-state index contributed by atoms with van der Waals surface area (Å²) in [5, 5.41) is 23.8. The van der Waals surface area contributed by atoms with Crippen LogP contribution in [-0.2, 0) is 4.79 Å². The molecule has 1 saturated heterocycles. The van der Waals surface area contributed by atoms with Crippen LogP contribution in [0.15, 0.2) is 52.2 Å². The molecule has 1 aromatic heterocycles. The number of fused-ring (bicyclic) bond motifs is 1. The molecule has 1 aromatic carbocycles. The first-order chi connectivity index (χ1) is 13.2. The van der Waals surface area contributed by atoms with Crippen LogP contribution in [0.2, 0.25) is 0 Å². The van der Waals surface area contributed by atoms with E-state index in [2.05, 4.69) is 16.7 Å². The SMILES string of the molecule is C=C(O)[C@@H]1N2C(c3c(-c4ccccc4)noc3C)=N[C@H](C(=O)O)C2SC1(C)C. The Morgan fingerprint density at radius 1 is 1.29 bits per heavy atom. The van der Waals surface area contributed by atoms with Crippen LogP contribution in [0.25, 0.3) is 11.3 Å². The molecule has 0 radical (unpaired) electrons. The lowest BCUT2D eigenvalue weighted by molar-refractivity contribution is -0.138. The molecule has 3 atom stereocenters. The van der Waals surface area contributed by atoms with Crippen LogP contribution in [-0.4, -0.2) is 54.3 Å². The summed E-state index contributed by atoms with van der Waals surface area (Å²) in [7, 11) is 0. The number of aliphatic imine (C=N–C) groups is 1. The third-order valence-electron chi connectivity index (χ3n) is 5.11. The highest BCUT2D eigenvalue weighted by molar-refractivity contribution is 8.01. The minimum atomic E-state index is -1.01. The quantitative estimate of drug-likeness (QED) is 0.760. The van der Waals surface area contributed by atoms with Gasteiger partial charge in [0.05, 0.1) is 5.56 Å². The summed E-state index contributed by atoms with van der Waals surface area (Å²) in [6.45, 7) is 9.46. The predicted molar refractivity (Wildman–Crippen MR) is 107 cm³/mol. The fourth-order valence-corrected chi connectivity index (χ4v) is 5.64. The van der Waals surface area contributed by atoms with Crippen molar-refractivity contribution in [2.24, 2.45) is 4.99 Å². The Balaban J connectivity index is 1.90. The summed E-state index contributed by atoms with van der Waals surface area (Å²) in [6.07, 6.45) is 0. The lowest BCUT2D eigenvalue weighted by Gasteiger charge is -2.31. The van der Waals surface area contributed by atoms with Crippen molar-refractivity contribution in [2.45, 2.75) is 43.0 Å². The van der Waals surface area contributed by atoms with Crippen molar-refractivity contribution in [2.75, 3.05) is 0 Å². The first-order valence-electron chi connectivity index (χ1n) is 8.89. The van der Waals surface area contributed by atoms with Gasteiger partial charge in [-0.25, -0.2) is 9.79 Å². The van der Waals surface area contributed by atoms with Crippen LogP contribution in [0.3, 0.4) is 0 Å². The second-order valence-corrected chi connectivity index (χ2v) is 9.25. The van der Waals surface area contributed by atoms with Gasteiger partial charge < -0.3 is 19.6 Å². The summed E-state index contributed by atoms with van der Waals surface area (Å²) in [5.74, 6) is -0.0188. The average Bonchev–Trinajstić information content (AvgIpc) is 3.24. The number of carbonyl (C=O) groups is 1. The molecule has 4 rings (SSSR count). The smallest absolute Gasteiger partial charge is 0.331 e. The Morgan fingerprint density at radius 2 is 1.96 bits per heavy atom. The third kappa shape index (κ3) is 2.71. The molecular weight excluding hydrogens is 378 g/mol. The highest BCUT2D eigenvalue weighted by Crippen LogP contribution is 2.51. The molecule has 0 saturated carbocycles. The minimum absolute atomic E-state index is 0.0193. The Hall–Kier alpha value is -2.74. The second kappa shape index (κ2) is 6.41. The number of carboxylic acids is 1. The van der Waals surface area contributed by atoms with E-state index >= 15 is 0 Å². The number of carboxylic acid groups (broad SMARTS) is 1. The average molecular weight is 399 g/mol. The van der Waals surface area contributed by atoms with E-state index in [0.717, 1.165) is 5.56 Å². The molecule has 3 heterocycles. The van der Waals surface area contributed by atoms with E-state index in [1.165, 1.54) is 11.8 Å². The van der Waals surface area contributed by atoms with Crippen LogP contribution in [0.4, 0.5) is 0 Å². The Bertz CT molecular complexity index is 983. The first kappa shape index (κ1) is 18.6. The van der Waals surface area contributed by atoms with Gasteiger partial charge in [0.2, 0.25) is 0 Å². The molecule has 1 unspecified atom stereocenters. The molecule has 2 N–H and O–H groups in total. The lowest BCUT2D eigenvalue weighted by atomic mass is 9.98. The number of aliphatic carboxylic acids is 1. The molecule has 146 valence electrons. The molecular formula is C20H21N3O4S. The molecule has 0 spiro atoms. The van der Waals surface area contributed by atoms with Gasteiger partial charge in [-0.1, -0.05) is 42.1 Å².